The van der Waals surface area contributed by atoms with Crippen LogP contribution in [0.25, 0.3) is 0 Å². The average Bonchev–Trinajstić information content (AvgIpc) is 3.02. The highest BCUT2D eigenvalue weighted by Gasteiger charge is 2.38. The number of nitrogens with zero attached hydrogens (tertiary/aromatic N) is 2. The second-order valence-electron chi connectivity index (χ2n) is 8.38. The number of hydrogen-bond donors (Lipinski definition) is 0. The lowest BCUT2D eigenvalue weighted by molar-refractivity contribution is -0.138. The molecule has 6 heteroatoms. The second-order valence-corrected chi connectivity index (χ2v) is 10.6. The zero-order valence-corrected chi connectivity index (χ0v) is 16.8. The monoisotopic (exact) mass is 390 g/mol. The molecule has 148 valence electrons. The molecule has 1 unspecified atom stereocenters. The molecule has 1 amide bonds. The summed E-state index contributed by atoms with van der Waals surface area (Å²) >= 11 is 0. The van der Waals surface area contributed by atoms with Gasteiger partial charge in [-0.15, -0.1) is 0 Å². The molecule has 1 aliphatic carbocycles. The third-order valence-corrected chi connectivity index (χ3v) is 8.18. The number of hydrogen-bond acceptors (Lipinski definition) is 4. The van der Waals surface area contributed by atoms with E-state index in [4.69, 9.17) is 0 Å². The Labute approximate surface area is 162 Å². The highest BCUT2D eigenvalue weighted by atomic mass is 32.2. The van der Waals surface area contributed by atoms with Crippen molar-refractivity contribution in [2.75, 3.05) is 24.6 Å². The van der Waals surface area contributed by atoms with Crippen LogP contribution in [0.3, 0.4) is 0 Å². The maximum absolute atomic E-state index is 13.3. The van der Waals surface area contributed by atoms with E-state index in [1.165, 1.54) is 17.5 Å². The van der Waals surface area contributed by atoms with Crippen LogP contribution in [0.2, 0.25) is 0 Å². The SMILES string of the molecule is O=C(CN1CCc2ccccc2C1)N(C1CCCCC1)C1CCS(=O)(=O)C1. The van der Waals surface area contributed by atoms with Gasteiger partial charge in [-0.05, 0) is 36.8 Å². The summed E-state index contributed by atoms with van der Waals surface area (Å²) in [6.45, 7) is 2.11. The van der Waals surface area contributed by atoms with Crippen molar-refractivity contribution in [2.24, 2.45) is 0 Å². The van der Waals surface area contributed by atoms with Crippen molar-refractivity contribution in [3.63, 3.8) is 0 Å². The van der Waals surface area contributed by atoms with Gasteiger partial charge < -0.3 is 4.90 Å². The fraction of sp³-hybridized carbons (Fsp3) is 0.667. The van der Waals surface area contributed by atoms with Crippen LogP contribution in [0.4, 0.5) is 0 Å². The molecular weight excluding hydrogens is 360 g/mol. The Kier molecular flexibility index (Phi) is 5.55. The van der Waals surface area contributed by atoms with Crippen LogP contribution in [-0.4, -0.2) is 60.8 Å². The number of amides is 1. The molecule has 1 saturated carbocycles. The van der Waals surface area contributed by atoms with Gasteiger partial charge in [-0.3, -0.25) is 9.69 Å². The second kappa shape index (κ2) is 7.92. The Morgan fingerprint density at radius 1 is 1.04 bits per heavy atom. The Morgan fingerprint density at radius 3 is 2.48 bits per heavy atom. The van der Waals surface area contributed by atoms with Gasteiger partial charge in [-0.25, -0.2) is 8.42 Å². The van der Waals surface area contributed by atoms with Gasteiger partial charge in [0.1, 0.15) is 0 Å². The quantitative estimate of drug-likeness (QED) is 0.792. The van der Waals surface area contributed by atoms with Gasteiger partial charge in [0, 0.05) is 25.2 Å². The fourth-order valence-corrected chi connectivity index (χ4v) is 6.73. The van der Waals surface area contributed by atoms with E-state index < -0.39 is 9.84 Å². The molecule has 1 saturated heterocycles. The summed E-state index contributed by atoms with van der Waals surface area (Å²) in [6, 6.07) is 8.55. The van der Waals surface area contributed by atoms with E-state index in [1.54, 1.807) is 0 Å². The number of carbonyl (C=O) groups excluding carboxylic acids is 1. The predicted octanol–water partition coefficient (Wildman–Crippen LogP) is 2.39. The maximum Gasteiger partial charge on any atom is 0.237 e. The highest BCUT2D eigenvalue weighted by Crippen LogP contribution is 2.29. The van der Waals surface area contributed by atoms with Gasteiger partial charge in [0.2, 0.25) is 5.91 Å². The molecule has 1 atom stereocenters. The van der Waals surface area contributed by atoms with Crippen LogP contribution in [0.5, 0.6) is 0 Å². The molecule has 0 radical (unpaired) electrons. The van der Waals surface area contributed by atoms with Gasteiger partial charge in [-0.1, -0.05) is 43.5 Å². The van der Waals surface area contributed by atoms with Crippen molar-refractivity contribution in [1.29, 1.82) is 0 Å². The minimum atomic E-state index is -2.99. The first-order valence-electron chi connectivity index (χ1n) is 10.3. The molecular formula is C21H30N2O3S. The Bertz CT molecular complexity index is 786. The lowest BCUT2D eigenvalue weighted by Gasteiger charge is -2.40. The molecule has 0 aromatic heterocycles. The van der Waals surface area contributed by atoms with Gasteiger partial charge in [-0.2, -0.15) is 0 Å². The maximum atomic E-state index is 13.3. The summed E-state index contributed by atoms with van der Waals surface area (Å²) in [6.07, 6.45) is 7.13. The largest absolute Gasteiger partial charge is 0.335 e. The summed E-state index contributed by atoms with van der Waals surface area (Å²) in [5, 5.41) is 0. The van der Waals surface area contributed by atoms with Crippen molar-refractivity contribution < 1.29 is 13.2 Å². The Balaban J connectivity index is 1.47. The molecule has 27 heavy (non-hydrogen) atoms. The van der Waals surface area contributed by atoms with Crippen molar-refractivity contribution in [3.05, 3.63) is 35.4 Å². The molecule has 0 bridgehead atoms. The standard InChI is InChI=1S/C21H30N2O3S/c24-21(15-22-12-10-17-6-4-5-7-18(17)14-22)23(19-8-2-1-3-9-19)20-11-13-27(25,26)16-20/h4-7,19-20H,1-3,8-16H2. The summed E-state index contributed by atoms with van der Waals surface area (Å²) in [4.78, 5) is 17.5. The van der Waals surface area contributed by atoms with Crippen molar-refractivity contribution in [2.45, 2.75) is 63.6 Å². The molecule has 1 aromatic rings. The number of benzene rings is 1. The van der Waals surface area contributed by atoms with E-state index in [0.717, 1.165) is 45.2 Å². The fourth-order valence-electron chi connectivity index (χ4n) is 5.02. The Morgan fingerprint density at radius 2 is 1.78 bits per heavy atom. The number of carbonyl (C=O) groups is 1. The number of fused-ring (bicyclic) bond motifs is 1. The summed E-state index contributed by atoms with van der Waals surface area (Å²) in [5.74, 6) is 0.506. The first kappa shape index (κ1) is 18.9. The number of rotatable bonds is 4. The van der Waals surface area contributed by atoms with Crippen LogP contribution in [0, 0.1) is 0 Å². The molecule has 5 nitrogen and oxygen atoms in total. The molecule has 2 heterocycles. The highest BCUT2D eigenvalue weighted by molar-refractivity contribution is 7.91. The zero-order valence-electron chi connectivity index (χ0n) is 16.0. The third-order valence-electron chi connectivity index (χ3n) is 6.43. The van der Waals surface area contributed by atoms with Crippen molar-refractivity contribution >= 4 is 15.7 Å². The van der Waals surface area contributed by atoms with Crippen LogP contribution >= 0.6 is 0 Å². The predicted molar refractivity (Wildman–Crippen MR) is 106 cm³/mol. The van der Waals surface area contributed by atoms with E-state index in [2.05, 4.69) is 29.2 Å². The van der Waals surface area contributed by atoms with Crippen molar-refractivity contribution in [1.82, 2.24) is 9.80 Å². The van der Waals surface area contributed by atoms with Gasteiger partial charge >= 0.3 is 0 Å². The molecule has 3 aliphatic rings. The summed E-state index contributed by atoms with van der Waals surface area (Å²) in [7, 11) is -2.99. The normalized spacial score (nSPS) is 25.9. The van der Waals surface area contributed by atoms with Gasteiger partial charge in [0.05, 0.1) is 18.1 Å². The average molecular weight is 391 g/mol. The first-order valence-corrected chi connectivity index (χ1v) is 12.1. The van der Waals surface area contributed by atoms with Crippen molar-refractivity contribution in [3.8, 4) is 0 Å². The minimum absolute atomic E-state index is 0.123. The zero-order chi connectivity index (χ0) is 18.9. The van der Waals surface area contributed by atoms with E-state index >= 15 is 0 Å². The number of sulfone groups is 1. The van der Waals surface area contributed by atoms with Gasteiger partial charge in [0.25, 0.3) is 0 Å². The first-order chi connectivity index (χ1) is 13.0. The van der Waals surface area contributed by atoms with Gasteiger partial charge in [0.15, 0.2) is 9.84 Å². The topological polar surface area (TPSA) is 57.7 Å². The summed E-state index contributed by atoms with van der Waals surface area (Å²) < 4.78 is 24.1. The lowest BCUT2D eigenvalue weighted by atomic mass is 9.92. The smallest absolute Gasteiger partial charge is 0.237 e. The van der Waals surface area contributed by atoms with E-state index in [1.807, 2.05) is 4.90 Å². The van der Waals surface area contributed by atoms with Crippen LogP contribution in [0.15, 0.2) is 24.3 Å². The molecule has 1 aromatic carbocycles. The third kappa shape index (κ3) is 4.37. The van der Waals surface area contributed by atoms with E-state index in [9.17, 15) is 13.2 Å². The molecule has 0 N–H and O–H groups in total. The van der Waals surface area contributed by atoms with Crippen LogP contribution < -0.4 is 0 Å². The van der Waals surface area contributed by atoms with E-state index in [-0.39, 0.29) is 29.5 Å². The van der Waals surface area contributed by atoms with E-state index in [0.29, 0.717) is 13.0 Å². The van der Waals surface area contributed by atoms with Crippen LogP contribution in [0.1, 0.15) is 49.7 Å². The molecule has 2 fully saturated rings. The lowest BCUT2D eigenvalue weighted by Crippen LogP contribution is -2.52. The van der Waals surface area contributed by atoms with Crippen LogP contribution in [-0.2, 0) is 27.6 Å². The minimum Gasteiger partial charge on any atom is -0.335 e. The molecule has 0 spiro atoms. The summed E-state index contributed by atoms with van der Waals surface area (Å²) in [5.41, 5.74) is 2.69. The Hall–Kier alpha value is -1.40. The molecule has 4 rings (SSSR count). The molecule has 2 aliphatic heterocycles.